The predicted octanol–water partition coefficient (Wildman–Crippen LogP) is 6.30. The van der Waals surface area contributed by atoms with Crippen LogP contribution in [0.4, 0.5) is 0 Å². The number of rotatable bonds is 7. The summed E-state index contributed by atoms with van der Waals surface area (Å²) in [5, 5.41) is 3.90. The minimum atomic E-state index is -2.73. The number of methoxy groups -OCH3 is 1. The lowest BCUT2D eigenvalue weighted by molar-refractivity contribution is 0.224. The van der Waals surface area contributed by atoms with Crippen LogP contribution < -0.4 is 20.7 Å². The van der Waals surface area contributed by atoms with E-state index in [4.69, 9.17) is 14.2 Å². The normalized spacial score (nSPS) is 15.2. The molecule has 2 heterocycles. The van der Waals surface area contributed by atoms with Crippen LogP contribution in [-0.2, 0) is 11.0 Å². The highest BCUT2D eigenvalue weighted by Crippen LogP contribution is 2.38. The SMILES string of the molecule is COc1ccc2c(=O)n3c(c(-c4ccccc4)c2c1)C=NCC(CO[Si](c1ccccc1)(c1ccccc1)C(C)(C)C)C3. The van der Waals surface area contributed by atoms with Crippen LogP contribution in [0.25, 0.3) is 21.9 Å². The average Bonchev–Trinajstić information content (AvgIpc) is 3.25. The molecule has 1 atom stereocenters. The number of hydrogen-bond acceptors (Lipinski definition) is 4. The molecule has 0 radical (unpaired) electrons. The van der Waals surface area contributed by atoms with E-state index in [1.54, 1.807) is 7.11 Å². The highest BCUT2D eigenvalue weighted by atomic mass is 28.4. The Labute approximate surface area is 254 Å². The molecule has 0 N–H and O–H groups in total. The Morgan fingerprint density at radius 3 is 2.02 bits per heavy atom. The van der Waals surface area contributed by atoms with Crippen LogP contribution in [0.1, 0.15) is 26.5 Å². The Morgan fingerprint density at radius 1 is 0.837 bits per heavy atom. The third kappa shape index (κ3) is 5.26. The number of nitrogens with zero attached hydrogens (tertiary/aromatic N) is 2. The van der Waals surface area contributed by atoms with Gasteiger partial charge in [-0.3, -0.25) is 9.79 Å². The zero-order valence-electron chi connectivity index (χ0n) is 25.3. The molecule has 5 nitrogen and oxygen atoms in total. The molecule has 0 amide bonds. The van der Waals surface area contributed by atoms with Crippen molar-refractivity contribution in [3.63, 3.8) is 0 Å². The molecule has 0 saturated carbocycles. The van der Waals surface area contributed by atoms with E-state index in [-0.39, 0.29) is 16.5 Å². The van der Waals surface area contributed by atoms with Gasteiger partial charge in [0.05, 0.1) is 12.8 Å². The summed E-state index contributed by atoms with van der Waals surface area (Å²) in [7, 11) is -1.08. The number of aliphatic imine (C=N–C) groups is 1. The molecule has 0 fully saturated rings. The quantitative estimate of drug-likeness (QED) is 0.210. The fraction of sp³-hybridized carbons (Fsp3) is 0.243. The van der Waals surface area contributed by atoms with Crippen molar-refractivity contribution in [3.8, 4) is 16.9 Å². The molecule has 5 aromatic rings. The Morgan fingerprint density at radius 2 is 1.44 bits per heavy atom. The zero-order valence-corrected chi connectivity index (χ0v) is 26.3. The van der Waals surface area contributed by atoms with Gasteiger partial charge in [-0.2, -0.15) is 0 Å². The molecular formula is C37H38N2O3Si. The lowest BCUT2D eigenvalue weighted by Gasteiger charge is -2.43. The zero-order chi connectivity index (χ0) is 30.0. The molecule has 0 bridgehead atoms. The first-order chi connectivity index (χ1) is 20.8. The Balaban J connectivity index is 1.44. The van der Waals surface area contributed by atoms with E-state index in [0.717, 1.165) is 28.0 Å². The summed E-state index contributed by atoms with van der Waals surface area (Å²) in [6.45, 7) is 8.46. The summed E-state index contributed by atoms with van der Waals surface area (Å²) in [5.41, 5.74) is 2.84. The molecule has 4 aromatic carbocycles. The number of pyridine rings is 1. The molecule has 43 heavy (non-hydrogen) atoms. The van der Waals surface area contributed by atoms with Crippen molar-refractivity contribution in [1.29, 1.82) is 0 Å². The van der Waals surface area contributed by atoms with E-state index in [0.29, 0.717) is 25.1 Å². The summed E-state index contributed by atoms with van der Waals surface area (Å²) < 4.78 is 14.7. The molecule has 6 rings (SSSR count). The topological polar surface area (TPSA) is 52.8 Å². The molecule has 6 heteroatoms. The fourth-order valence-corrected chi connectivity index (χ4v) is 11.2. The Kier molecular flexibility index (Phi) is 7.90. The summed E-state index contributed by atoms with van der Waals surface area (Å²) in [6, 6.07) is 37.3. The monoisotopic (exact) mass is 586 g/mol. The Hall–Kier alpha value is -4.26. The first-order valence-electron chi connectivity index (χ1n) is 14.9. The minimum Gasteiger partial charge on any atom is -0.497 e. The fourth-order valence-electron chi connectivity index (χ4n) is 6.51. The molecule has 0 saturated heterocycles. The minimum absolute atomic E-state index is 0.0175. The van der Waals surface area contributed by atoms with Gasteiger partial charge >= 0.3 is 0 Å². The lowest BCUT2D eigenvalue weighted by atomic mass is 9.96. The number of aromatic nitrogens is 1. The summed E-state index contributed by atoms with van der Waals surface area (Å²) in [4.78, 5) is 19.0. The lowest BCUT2D eigenvalue weighted by Crippen LogP contribution is -2.67. The van der Waals surface area contributed by atoms with Crippen LogP contribution in [0.2, 0.25) is 5.04 Å². The van der Waals surface area contributed by atoms with Gasteiger partial charge in [-0.1, -0.05) is 112 Å². The van der Waals surface area contributed by atoms with Gasteiger partial charge < -0.3 is 13.7 Å². The summed E-state index contributed by atoms with van der Waals surface area (Å²) >= 11 is 0. The molecule has 0 aliphatic carbocycles. The maximum Gasteiger partial charge on any atom is 0.261 e. The van der Waals surface area contributed by atoms with E-state index < -0.39 is 8.32 Å². The van der Waals surface area contributed by atoms with Gasteiger partial charge in [0.15, 0.2) is 0 Å². The molecule has 1 aromatic heterocycles. The molecule has 1 unspecified atom stereocenters. The van der Waals surface area contributed by atoms with Crippen molar-refractivity contribution in [3.05, 3.63) is 125 Å². The molecule has 1 aliphatic rings. The number of hydrogen-bond donors (Lipinski definition) is 0. The third-order valence-corrected chi connectivity index (χ3v) is 13.6. The van der Waals surface area contributed by atoms with Crippen molar-refractivity contribution in [2.45, 2.75) is 32.4 Å². The van der Waals surface area contributed by atoms with E-state index in [9.17, 15) is 4.79 Å². The van der Waals surface area contributed by atoms with Gasteiger partial charge in [0.2, 0.25) is 0 Å². The van der Waals surface area contributed by atoms with Crippen molar-refractivity contribution in [1.82, 2.24) is 4.57 Å². The summed E-state index contributed by atoms with van der Waals surface area (Å²) in [5.74, 6) is 0.743. The van der Waals surface area contributed by atoms with E-state index in [1.807, 2.05) is 47.2 Å². The number of fused-ring (bicyclic) bond motifs is 2. The standard InChI is InChI=1S/C37H38N2O3Si/c1-37(2,3)43(30-16-10-6-11-17-30,31-18-12-7-13-19-31)42-26-27-23-38-24-34-35(28-14-8-5-9-15-28)33-22-29(41-4)20-21-32(33)36(40)39(34)25-27/h5-22,24,27H,23,25-26H2,1-4H3. The summed E-state index contributed by atoms with van der Waals surface area (Å²) in [6.07, 6.45) is 1.88. The van der Waals surface area contributed by atoms with Crippen molar-refractivity contribution >= 4 is 35.7 Å². The second-order valence-corrected chi connectivity index (χ2v) is 16.6. The van der Waals surface area contributed by atoms with Crippen molar-refractivity contribution < 1.29 is 9.16 Å². The maximum atomic E-state index is 14.1. The van der Waals surface area contributed by atoms with Gasteiger partial charge in [0, 0.05) is 48.2 Å². The maximum absolute atomic E-state index is 14.1. The smallest absolute Gasteiger partial charge is 0.261 e. The number of ether oxygens (including phenoxy) is 1. The molecule has 1 aliphatic heterocycles. The van der Waals surface area contributed by atoms with Crippen LogP contribution in [0.15, 0.2) is 119 Å². The van der Waals surface area contributed by atoms with Crippen molar-refractivity contribution in [2.75, 3.05) is 20.3 Å². The number of benzene rings is 4. The van der Waals surface area contributed by atoms with Crippen LogP contribution in [0.3, 0.4) is 0 Å². The van der Waals surface area contributed by atoms with Gasteiger partial charge in [-0.15, -0.1) is 0 Å². The van der Waals surface area contributed by atoms with Crippen LogP contribution in [0, 0.1) is 5.92 Å². The van der Waals surface area contributed by atoms with Gasteiger partial charge in [-0.25, -0.2) is 0 Å². The first-order valence-corrected chi connectivity index (χ1v) is 16.8. The molecular weight excluding hydrogens is 549 g/mol. The van der Waals surface area contributed by atoms with Crippen LogP contribution in [-0.4, -0.2) is 39.4 Å². The first kappa shape index (κ1) is 28.8. The Bertz CT molecular complexity index is 1770. The van der Waals surface area contributed by atoms with Gasteiger partial charge in [0.1, 0.15) is 5.75 Å². The molecule has 218 valence electrons. The van der Waals surface area contributed by atoms with Gasteiger partial charge in [0.25, 0.3) is 13.9 Å². The third-order valence-electron chi connectivity index (χ3n) is 8.55. The second-order valence-electron chi connectivity index (χ2n) is 12.3. The predicted molar refractivity (Wildman–Crippen MR) is 180 cm³/mol. The second kappa shape index (κ2) is 11.8. The highest BCUT2D eigenvalue weighted by Gasteiger charge is 2.50. The average molecular weight is 587 g/mol. The van der Waals surface area contributed by atoms with E-state index >= 15 is 0 Å². The highest BCUT2D eigenvalue weighted by molar-refractivity contribution is 6.99. The van der Waals surface area contributed by atoms with Crippen LogP contribution in [0.5, 0.6) is 5.75 Å². The van der Waals surface area contributed by atoms with Crippen molar-refractivity contribution in [2.24, 2.45) is 10.9 Å². The molecule has 0 spiro atoms. The van der Waals surface area contributed by atoms with E-state index in [1.165, 1.54) is 10.4 Å². The largest absolute Gasteiger partial charge is 0.497 e. The van der Waals surface area contributed by atoms with Crippen LogP contribution >= 0.6 is 0 Å². The van der Waals surface area contributed by atoms with Gasteiger partial charge in [-0.05, 0) is 39.2 Å². The van der Waals surface area contributed by atoms with E-state index in [2.05, 4.69) is 93.6 Å².